The minimum atomic E-state index is -0.153. The molecule has 2 aromatic heterocycles. The van der Waals surface area contributed by atoms with Gasteiger partial charge in [-0.2, -0.15) is 0 Å². The first-order chi connectivity index (χ1) is 13.5. The molecular weight excluding hydrogens is 354 g/mol. The number of quaternary nitrogens is 1. The van der Waals surface area contributed by atoms with E-state index in [1.54, 1.807) is 17.0 Å². The summed E-state index contributed by atoms with van der Waals surface area (Å²) in [6.45, 7) is 8.75. The summed E-state index contributed by atoms with van der Waals surface area (Å²) in [5.74, 6) is 0.455. The second-order valence-electron chi connectivity index (χ2n) is 7.69. The van der Waals surface area contributed by atoms with Crippen LogP contribution in [0, 0.1) is 13.8 Å². The molecule has 6 heteroatoms. The van der Waals surface area contributed by atoms with Gasteiger partial charge in [-0.15, -0.1) is 0 Å². The monoisotopic (exact) mass is 380 g/mol. The Morgan fingerprint density at radius 1 is 1.18 bits per heavy atom. The molecule has 6 nitrogen and oxygen atoms in total. The van der Waals surface area contributed by atoms with Crippen molar-refractivity contribution in [3.05, 3.63) is 59.2 Å². The third-order valence-corrected chi connectivity index (χ3v) is 5.82. The van der Waals surface area contributed by atoms with Gasteiger partial charge in [-0.05, 0) is 44.5 Å². The first-order valence-corrected chi connectivity index (χ1v) is 9.76. The number of hydrogen-bond donors (Lipinski definition) is 2. The molecule has 28 heavy (non-hydrogen) atoms. The molecule has 0 unspecified atom stereocenters. The van der Waals surface area contributed by atoms with Crippen molar-refractivity contribution in [3.63, 3.8) is 0 Å². The van der Waals surface area contributed by atoms with Crippen LogP contribution in [-0.2, 0) is 0 Å². The Bertz CT molecular complexity index is 1010. The van der Waals surface area contributed by atoms with Crippen LogP contribution < -0.4 is 4.90 Å². The van der Waals surface area contributed by atoms with Crippen molar-refractivity contribution >= 4 is 22.6 Å². The largest absolute Gasteiger partial charge is 0.459 e. The van der Waals surface area contributed by atoms with Gasteiger partial charge in [-0.3, -0.25) is 9.59 Å². The number of H-pyrrole nitrogens is 1. The molecule has 4 rings (SSSR count). The molecule has 1 fully saturated rings. The Balaban J connectivity index is 1.47. The van der Waals surface area contributed by atoms with Gasteiger partial charge in [0.1, 0.15) is 6.04 Å². The van der Waals surface area contributed by atoms with Gasteiger partial charge >= 0.3 is 0 Å². The molecule has 0 saturated carbocycles. The quantitative estimate of drug-likeness (QED) is 0.680. The summed E-state index contributed by atoms with van der Waals surface area (Å²) in [4.78, 5) is 32.1. The van der Waals surface area contributed by atoms with Crippen LogP contribution >= 0.6 is 0 Å². The highest BCUT2D eigenvalue weighted by Crippen LogP contribution is 2.24. The number of aromatic nitrogens is 1. The first kappa shape index (κ1) is 18.5. The third kappa shape index (κ3) is 3.24. The number of piperazine rings is 1. The highest BCUT2D eigenvalue weighted by Gasteiger charge is 2.33. The number of carbonyl (C=O) groups excluding carboxylic acids is 2. The normalized spacial score (nSPS) is 16.5. The van der Waals surface area contributed by atoms with Crippen molar-refractivity contribution in [2.45, 2.75) is 26.8 Å². The second-order valence-corrected chi connectivity index (χ2v) is 7.69. The third-order valence-electron chi connectivity index (χ3n) is 5.82. The van der Waals surface area contributed by atoms with Gasteiger partial charge in [0.15, 0.2) is 5.76 Å². The van der Waals surface area contributed by atoms with E-state index < -0.39 is 0 Å². The van der Waals surface area contributed by atoms with Gasteiger partial charge < -0.3 is 19.2 Å². The Hall–Kier alpha value is -2.86. The van der Waals surface area contributed by atoms with Crippen LogP contribution in [0.3, 0.4) is 0 Å². The van der Waals surface area contributed by atoms with E-state index in [1.165, 1.54) is 16.7 Å². The van der Waals surface area contributed by atoms with E-state index in [4.69, 9.17) is 4.42 Å². The Kier molecular flexibility index (Phi) is 4.81. The zero-order valence-electron chi connectivity index (χ0n) is 16.5. The van der Waals surface area contributed by atoms with Crippen molar-refractivity contribution in [2.75, 3.05) is 26.2 Å². The molecule has 0 spiro atoms. The van der Waals surface area contributed by atoms with Crippen molar-refractivity contribution in [1.82, 2.24) is 9.88 Å². The Morgan fingerprint density at radius 3 is 2.61 bits per heavy atom. The lowest BCUT2D eigenvalue weighted by Gasteiger charge is -2.34. The van der Waals surface area contributed by atoms with E-state index in [0.717, 1.165) is 35.2 Å². The van der Waals surface area contributed by atoms with Crippen LogP contribution in [0.25, 0.3) is 10.9 Å². The number of carbonyl (C=O) groups is 2. The summed E-state index contributed by atoms with van der Waals surface area (Å²) < 4.78 is 5.22. The van der Waals surface area contributed by atoms with Crippen LogP contribution in [-0.4, -0.2) is 53.8 Å². The predicted octanol–water partition coefficient (Wildman–Crippen LogP) is 1.99. The number of rotatable bonds is 4. The smallest absolute Gasteiger partial charge is 0.289 e. The molecule has 1 aliphatic rings. The van der Waals surface area contributed by atoms with E-state index in [-0.39, 0.29) is 17.7 Å². The van der Waals surface area contributed by atoms with E-state index in [9.17, 15) is 9.59 Å². The Morgan fingerprint density at radius 2 is 1.93 bits per heavy atom. The van der Waals surface area contributed by atoms with Crippen molar-refractivity contribution in [2.24, 2.45) is 0 Å². The van der Waals surface area contributed by atoms with Crippen LogP contribution in [0.5, 0.6) is 0 Å². The summed E-state index contributed by atoms with van der Waals surface area (Å²) in [5, 5.41) is 0.992. The van der Waals surface area contributed by atoms with E-state index in [2.05, 4.69) is 11.1 Å². The molecule has 1 aliphatic heterocycles. The molecule has 146 valence electrons. The van der Waals surface area contributed by atoms with Gasteiger partial charge in [0.25, 0.3) is 5.91 Å². The molecule has 1 amide bonds. The molecule has 1 saturated heterocycles. The number of fused-ring (bicyclic) bond motifs is 1. The maximum atomic E-state index is 13.3. The highest BCUT2D eigenvalue weighted by atomic mass is 16.3. The number of hydrogen-bond acceptors (Lipinski definition) is 3. The zero-order chi connectivity index (χ0) is 19.8. The molecule has 3 heterocycles. The molecule has 0 radical (unpaired) electrons. The summed E-state index contributed by atoms with van der Waals surface area (Å²) in [7, 11) is 0. The predicted molar refractivity (Wildman–Crippen MR) is 107 cm³/mol. The minimum Gasteiger partial charge on any atom is -0.459 e. The number of aromatic amines is 1. The second kappa shape index (κ2) is 7.28. The molecule has 0 bridgehead atoms. The van der Waals surface area contributed by atoms with Crippen LogP contribution in [0.1, 0.15) is 39.1 Å². The minimum absolute atomic E-state index is 0.0779. The SMILES string of the molecule is Cc1ccc2c(C(=O)[C@H](C)[NH+]3CCN(C(=O)c4ccco4)CC3)c(C)[nH]c2c1. The fraction of sp³-hybridized carbons (Fsp3) is 0.364. The van der Waals surface area contributed by atoms with E-state index >= 15 is 0 Å². The van der Waals surface area contributed by atoms with Gasteiger partial charge in [0.2, 0.25) is 5.78 Å². The van der Waals surface area contributed by atoms with Gasteiger partial charge in [-0.25, -0.2) is 0 Å². The number of amides is 1. The van der Waals surface area contributed by atoms with Crippen LogP contribution in [0.15, 0.2) is 41.0 Å². The summed E-state index contributed by atoms with van der Waals surface area (Å²) in [6, 6.07) is 9.41. The number of Topliss-reactive ketones (excluding diaryl/α,β-unsaturated/α-hetero) is 1. The number of nitrogens with one attached hydrogen (secondary N) is 2. The standard InChI is InChI=1S/C22H25N3O3/c1-14-6-7-17-18(13-14)23-15(2)20(17)21(26)16(3)24-8-10-25(11-9-24)22(27)19-5-4-12-28-19/h4-7,12-13,16,23H,8-11H2,1-3H3/p+1/t16-/m0/s1. The first-order valence-electron chi connectivity index (χ1n) is 9.76. The highest BCUT2D eigenvalue weighted by molar-refractivity contribution is 6.11. The lowest BCUT2D eigenvalue weighted by Crippen LogP contribution is -3.18. The van der Waals surface area contributed by atoms with Gasteiger partial charge in [0.05, 0.1) is 38.0 Å². The maximum Gasteiger partial charge on any atom is 0.289 e. The summed E-state index contributed by atoms with van der Waals surface area (Å²) in [6.07, 6.45) is 1.51. The fourth-order valence-corrected chi connectivity index (χ4v) is 4.15. The summed E-state index contributed by atoms with van der Waals surface area (Å²) >= 11 is 0. The molecule has 2 N–H and O–H groups in total. The number of furan rings is 1. The summed E-state index contributed by atoms with van der Waals surface area (Å²) in [5.41, 5.74) is 3.90. The molecule has 1 aromatic carbocycles. The lowest BCUT2D eigenvalue weighted by atomic mass is 10.00. The number of nitrogens with zero attached hydrogens (tertiary/aromatic N) is 1. The number of aryl methyl sites for hydroxylation is 2. The van der Waals surface area contributed by atoms with Crippen molar-refractivity contribution in [3.8, 4) is 0 Å². The topological polar surface area (TPSA) is 70.8 Å². The van der Waals surface area contributed by atoms with E-state index in [1.807, 2.05) is 32.9 Å². The zero-order valence-corrected chi connectivity index (χ0v) is 16.5. The van der Waals surface area contributed by atoms with E-state index in [0.29, 0.717) is 18.8 Å². The van der Waals surface area contributed by atoms with Crippen LogP contribution in [0.4, 0.5) is 0 Å². The van der Waals surface area contributed by atoms with Crippen LogP contribution in [0.2, 0.25) is 0 Å². The van der Waals surface area contributed by atoms with Gasteiger partial charge in [-0.1, -0.05) is 12.1 Å². The average Bonchev–Trinajstić information content (AvgIpc) is 3.33. The van der Waals surface area contributed by atoms with Gasteiger partial charge in [0, 0.05) is 16.6 Å². The Labute approximate surface area is 164 Å². The molecular formula is C22H26N3O3+. The molecule has 0 aliphatic carbocycles. The van der Waals surface area contributed by atoms with Crippen molar-refractivity contribution < 1.29 is 18.9 Å². The number of benzene rings is 1. The molecule has 3 aromatic rings. The lowest BCUT2D eigenvalue weighted by molar-refractivity contribution is -0.917. The maximum absolute atomic E-state index is 13.3. The van der Waals surface area contributed by atoms with Crippen molar-refractivity contribution in [1.29, 1.82) is 0 Å². The fourth-order valence-electron chi connectivity index (χ4n) is 4.15. The average molecular weight is 380 g/mol. The molecule has 1 atom stereocenters. The number of ketones is 1.